The van der Waals surface area contributed by atoms with Crippen molar-refractivity contribution in [2.75, 3.05) is 26.7 Å². The lowest BCUT2D eigenvalue weighted by atomic mass is 9.95. The summed E-state index contributed by atoms with van der Waals surface area (Å²) in [6, 6.07) is 22.0. The monoisotopic (exact) mass is 685 g/mol. The van der Waals surface area contributed by atoms with Crippen LogP contribution in [-0.4, -0.2) is 86.8 Å². The number of hydrogen-bond donors (Lipinski definition) is 3. The zero-order valence-electron chi connectivity index (χ0n) is 28.4. The molecular formula is C37H47N7O4S. The average molecular weight is 686 g/mol. The molecule has 4 atom stereocenters. The number of aliphatic hydroxyl groups excluding tert-OH is 1. The molecule has 3 heterocycles. The minimum Gasteiger partial charge on any atom is -0.390 e. The second-order valence-corrected chi connectivity index (χ2v) is 13.5. The summed E-state index contributed by atoms with van der Waals surface area (Å²) in [7, 11) is 1.63. The molecule has 0 unspecified atom stereocenters. The molecule has 1 fully saturated rings. The highest BCUT2D eigenvalue weighted by Gasteiger charge is 2.41. The number of methoxy groups -OCH3 is 1. The average Bonchev–Trinajstić information content (AvgIpc) is 3.71. The first-order chi connectivity index (χ1) is 23.7. The van der Waals surface area contributed by atoms with E-state index in [-0.39, 0.29) is 24.4 Å². The molecule has 3 amide bonds. The van der Waals surface area contributed by atoms with Gasteiger partial charge in [-0.25, -0.2) is 14.8 Å². The van der Waals surface area contributed by atoms with Gasteiger partial charge in [0.15, 0.2) is 0 Å². The molecule has 49 heavy (non-hydrogen) atoms. The molecule has 0 radical (unpaired) electrons. The smallest absolute Gasteiger partial charge is 0.321 e. The number of carbonyl (C=O) groups excluding carboxylic acids is 2. The third kappa shape index (κ3) is 9.71. The fourth-order valence-corrected chi connectivity index (χ4v) is 6.90. The van der Waals surface area contributed by atoms with Crippen molar-refractivity contribution in [3.63, 3.8) is 0 Å². The molecule has 1 aliphatic heterocycles. The van der Waals surface area contributed by atoms with Crippen molar-refractivity contribution in [1.82, 2.24) is 30.1 Å². The summed E-state index contributed by atoms with van der Waals surface area (Å²) in [5, 5.41) is 19.1. The van der Waals surface area contributed by atoms with Crippen LogP contribution in [0.2, 0.25) is 0 Å². The summed E-state index contributed by atoms with van der Waals surface area (Å²) in [4.78, 5) is 40.2. The van der Waals surface area contributed by atoms with Gasteiger partial charge in [0.25, 0.3) is 0 Å². The Bertz CT molecular complexity index is 1620. The number of aliphatic hydroxyl groups is 1. The topological polar surface area (TPSA) is 137 Å². The number of nitrogens with one attached hydrogen (secondary N) is 1. The zero-order valence-corrected chi connectivity index (χ0v) is 29.3. The molecule has 1 saturated heterocycles. The van der Waals surface area contributed by atoms with Gasteiger partial charge in [0.2, 0.25) is 5.91 Å². The van der Waals surface area contributed by atoms with Crippen molar-refractivity contribution in [3.8, 4) is 11.3 Å². The highest BCUT2D eigenvalue weighted by atomic mass is 32.1. The first-order valence-electron chi connectivity index (χ1n) is 16.8. The summed E-state index contributed by atoms with van der Waals surface area (Å²) >= 11 is 1.50. The number of carbonyl (C=O) groups is 2. The van der Waals surface area contributed by atoms with Crippen molar-refractivity contribution >= 4 is 23.3 Å². The van der Waals surface area contributed by atoms with Crippen LogP contribution in [0.1, 0.15) is 42.1 Å². The molecule has 0 bridgehead atoms. The third-order valence-corrected chi connectivity index (χ3v) is 9.82. The molecule has 4 N–H and O–H groups in total. The SMILES string of the molecule is CC[C@H](C)[C@@H](C(=O)N[C@@H](Cc1ccccc1)[C@@H](O)CN(N)Cc1ccc(-c2ccccn2)cc1)N1CCN(Cc2csc(COC)n2)C1=O. The van der Waals surface area contributed by atoms with Gasteiger partial charge in [-0.15, -0.1) is 11.3 Å². The summed E-state index contributed by atoms with van der Waals surface area (Å²) < 4.78 is 5.18. The Hall–Kier alpha value is -4.20. The predicted molar refractivity (Wildman–Crippen MR) is 191 cm³/mol. The second kappa shape index (κ2) is 17.5. The fourth-order valence-electron chi connectivity index (χ4n) is 6.14. The van der Waals surface area contributed by atoms with Crippen molar-refractivity contribution in [3.05, 3.63) is 106 Å². The normalized spacial score (nSPS) is 15.8. The van der Waals surface area contributed by atoms with Crippen molar-refractivity contribution in [2.45, 2.75) is 64.6 Å². The van der Waals surface area contributed by atoms with Crippen LogP contribution in [0.4, 0.5) is 4.79 Å². The molecule has 0 saturated carbocycles. The van der Waals surface area contributed by atoms with Crippen LogP contribution in [0.5, 0.6) is 0 Å². The Balaban J connectivity index is 1.26. The molecular weight excluding hydrogens is 639 g/mol. The van der Waals surface area contributed by atoms with Gasteiger partial charge in [-0.05, 0) is 35.6 Å². The molecule has 4 aromatic rings. The van der Waals surface area contributed by atoms with E-state index in [9.17, 15) is 14.7 Å². The number of hydrogen-bond acceptors (Lipinski definition) is 9. The maximum Gasteiger partial charge on any atom is 0.321 e. The third-order valence-electron chi connectivity index (χ3n) is 8.95. The summed E-state index contributed by atoms with van der Waals surface area (Å²) in [6.45, 7) is 6.27. The minimum absolute atomic E-state index is 0.105. The van der Waals surface area contributed by atoms with Crippen molar-refractivity contribution < 1.29 is 19.4 Å². The van der Waals surface area contributed by atoms with E-state index in [0.29, 0.717) is 45.6 Å². The number of hydrazine groups is 1. The fraction of sp³-hybridized carbons (Fsp3) is 0.405. The van der Waals surface area contributed by atoms with E-state index in [1.165, 1.54) is 11.3 Å². The summed E-state index contributed by atoms with van der Waals surface area (Å²) in [6.07, 6.45) is 1.90. The lowest BCUT2D eigenvalue weighted by Gasteiger charge is -2.34. The molecule has 0 aliphatic carbocycles. The maximum absolute atomic E-state index is 14.1. The Morgan fingerprint density at radius 1 is 1.08 bits per heavy atom. The van der Waals surface area contributed by atoms with Crippen LogP contribution in [0, 0.1) is 5.92 Å². The predicted octanol–water partition coefficient (Wildman–Crippen LogP) is 4.47. The molecule has 2 aromatic heterocycles. The van der Waals surface area contributed by atoms with E-state index in [0.717, 1.165) is 33.1 Å². The van der Waals surface area contributed by atoms with Gasteiger partial charge in [0, 0.05) is 50.4 Å². The number of benzene rings is 2. The molecule has 5 rings (SSSR count). The number of urea groups is 1. The van der Waals surface area contributed by atoms with Gasteiger partial charge >= 0.3 is 6.03 Å². The van der Waals surface area contributed by atoms with E-state index in [1.54, 1.807) is 28.1 Å². The Kier molecular flexibility index (Phi) is 12.9. The first-order valence-corrected chi connectivity index (χ1v) is 17.6. The van der Waals surface area contributed by atoms with Crippen LogP contribution in [0.25, 0.3) is 11.3 Å². The van der Waals surface area contributed by atoms with E-state index in [1.807, 2.05) is 92.0 Å². The molecule has 12 heteroatoms. The maximum atomic E-state index is 14.1. The summed E-state index contributed by atoms with van der Waals surface area (Å²) in [5.74, 6) is 6.05. The number of aromatic nitrogens is 2. The number of nitrogens with zero attached hydrogens (tertiary/aromatic N) is 5. The molecule has 0 spiro atoms. The van der Waals surface area contributed by atoms with Gasteiger partial charge in [-0.1, -0.05) is 80.9 Å². The highest BCUT2D eigenvalue weighted by molar-refractivity contribution is 7.09. The molecule has 2 aromatic carbocycles. The first kappa shape index (κ1) is 36.1. The van der Waals surface area contributed by atoms with E-state index in [4.69, 9.17) is 10.6 Å². The minimum atomic E-state index is -0.976. The van der Waals surface area contributed by atoms with E-state index < -0.39 is 18.2 Å². The van der Waals surface area contributed by atoms with Crippen LogP contribution in [0.15, 0.2) is 84.4 Å². The summed E-state index contributed by atoms with van der Waals surface area (Å²) in [5.41, 5.74) is 4.66. The van der Waals surface area contributed by atoms with Crippen LogP contribution < -0.4 is 11.2 Å². The van der Waals surface area contributed by atoms with Gasteiger partial charge in [0.05, 0.1) is 36.7 Å². The number of nitrogens with two attached hydrogens (primary N) is 1. The van der Waals surface area contributed by atoms with Gasteiger partial charge in [-0.2, -0.15) is 0 Å². The van der Waals surface area contributed by atoms with Gasteiger partial charge < -0.3 is 25.0 Å². The standard InChI is InChI=1S/C37H47N7O4S/c1-4-26(2)35(44-19-18-42(37(44)47)22-30-25-49-34(40-30)24-48-3)36(46)41-32(20-27-10-6-5-7-11-27)33(45)23-43(38)21-28-13-15-29(16-14-28)31-12-8-9-17-39-31/h5-17,25-26,32-33,35,45H,4,18-24,38H2,1-3H3,(H,41,46)/t26-,32-,33-,35-/m0/s1. The lowest BCUT2D eigenvalue weighted by Crippen LogP contribution is -2.57. The number of ether oxygens (including phenoxy) is 1. The highest BCUT2D eigenvalue weighted by Crippen LogP contribution is 2.24. The van der Waals surface area contributed by atoms with E-state index in [2.05, 4.69) is 15.3 Å². The molecule has 11 nitrogen and oxygen atoms in total. The van der Waals surface area contributed by atoms with Crippen molar-refractivity contribution in [2.24, 2.45) is 11.8 Å². The Morgan fingerprint density at radius 3 is 2.53 bits per heavy atom. The van der Waals surface area contributed by atoms with Crippen LogP contribution in [-0.2, 0) is 35.6 Å². The second-order valence-electron chi connectivity index (χ2n) is 12.6. The largest absolute Gasteiger partial charge is 0.390 e. The number of thiazole rings is 1. The zero-order chi connectivity index (χ0) is 34.8. The number of pyridine rings is 1. The van der Waals surface area contributed by atoms with E-state index >= 15 is 0 Å². The quantitative estimate of drug-likeness (QED) is 0.109. The number of rotatable bonds is 17. The molecule has 1 aliphatic rings. The Labute approximate surface area is 292 Å². The van der Waals surface area contributed by atoms with Crippen molar-refractivity contribution in [1.29, 1.82) is 0 Å². The Morgan fingerprint density at radius 2 is 1.84 bits per heavy atom. The number of amides is 3. The molecule has 260 valence electrons. The van der Waals surface area contributed by atoms with Gasteiger partial charge in [0.1, 0.15) is 11.0 Å². The van der Waals surface area contributed by atoms with Crippen LogP contribution in [0.3, 0.4) is 0 Å². The lowest BCUT2D eigenvalue weighted by molar-refractivity contribution is -0.128. The van der Waals surface area contributed by atoms with Gasteiger partial charge in [-0.3, -0.25) is 15.6 Å². The van der Waals surface area contributed by atoms with Crippen LogP contribution >= 0.6 is 11.3 Å².